The summed E-state index contributed by atoms with van der Waals surface area (Å²) in [5.74, 6) is -4.74. The van der Waals surface area contributed by atoms with Crippen LogP contribution in [0, 0.1) is 17.5 Å². The predicted octanol–water partition coefficient (Wildman–Crippen LogP) is 5.65. The van der Waals surface area contributed by atoms with Crippen molar-refractivity contribution in [1.29, 1.82) is 0 Å². The van der Waals surface area contributed by atoms with E-state index in [1.54, 1.807) is 12.3 Å². The number of halogens is 3. The number of fused-ring (bicyclic) bond motifs is 1. The Morgan fingerprint density at radius 1 is 1.08 bits per heavy atom. The van der Waals surface area contributed by atoms with Crippen LogP contribution in [0.15, 0.2) is 60.2 Å². The monoisotopic (exact) mass is 521 g/mol. The molecule has 0 aliphatic heterocycles. The highest BCUT2D eigenvalue weighted by molar-refractivity contribution is 7.14. The summed E-state index contributed by atoms with van der Waals surface area (Å²) in [5.41, 5.74) is 0.296. The van der Waals surface area contributed by atoms with Gasteiger partial charge in [0.15, 0.2) is 10.9 Å². The van der Waals surface area contributed by atoms with Crippen LogP contribution in [-0.4, -0.2) is 40.7 Å². The molecule has 11 heteroatoms. The van der Waals surface area contributed by atoms with Gasteiger partial charge in [-0.3, -0.25) is 9.59 Å². The smallest absolute Gasteiger partial charge is 0.255 e. The number of aromatic amines is 1. The Hall–Kier alpha value is -4.51. The lowest BCUT2D eigenvalue weighted by Gasteiger charge is -2.11. The van der Waals surface area contributed by atoms with Crippen molar-refractivity contribution in [2.75, 3.05) is 24.3 Å². The molecule has 0 fully saturated rings. The molecule has 0 radical (unpaired) electrons. The van der Waals surface area contributed by atoms with Gasteiger partial charge in [0, 0.05) is 53.9 Å². The van der Waals surface area contributed by atoms with Gasteiger partial charge in [-0.2, -0.15) is 0 Å². The van der Waals surface area contributed by atoms with Gasteiger partial charge in [0.2, 0.25) is 5.78 Å². The number of H-pyrrole nitrogens is 1. The lowest BCUT2D eigenvalue weighted by molar-refractivity contribution is 0.101. The average molecular weight is 522 g/mol. The Balaban J connectivity index is 1.51. The van der Waals surface area contributed by atoms with Gasteiger partial charge in [0.25, 0.3) is 5.91 Å². The molecule has 7 nitrogen and oxygen atoms in total. The van der Waals surface area contributed by atoms with Gasteiger partial charge in [-0.25, -0.2) is 23.1 Å². The fourth-order valence-corrected chi connectivity index (χ4v) is 4.52. The third-order valence-corrected chi connectivity index (χ3v) is 6.61. The van der Waals surface area contributed by atoms with Gasteiger partial charge < -0.3 is 15.2 Å². The van der Waals surface area contributed by atoms with E-state index < -0.39 is 40.4 Å². The van der Waals surface area contributed by atoms with E-state index in [1.807, 2.05) is 24.4 Å². The number of thiazole rings is 1. The first-order chi connectivity index (χ1) is 17.7. The first-order valence-electron chi connectivity index (χ1n) is 10.9. The average Bonchev–Trinajstić information content (AvgIpc) is 3.53. The van der Waals surface area contributed by atoms with Crippen molar-refractivity contribution in [3.63, 3.8) is 0 Å². The SMILES string of the molecule is CN(C)c1nc(-c2cnc3[nH]cc(C(=O)c4c(F)ccc(NC(=O)c5cccc(F)c5)c4F)c3c2)cs1. The molecule has 186 valence electrons. The molecule has 2 aromatic carbocycles. The van der Waals surface area contributed by atoms with Crippen molar-refractivity contribution in [1.82, 2.24) is 15.0 Å². The molecule has 0 aliphatic carbocycles. The Morgan fingerprint density at radius 3 is 2.62 bits per heavy atom. The third kappa shape index (κ3) is 4.56. The quantitative estimate of drug-likeness (QED) is 0.282. The van der Waals surface area contributed by atoms with Crippen LogP contribution in [0.4, 0.5) is 24.0 Å². The molecule has 37 heavy (non-hydrogen) atoms. The number of nitrogens with zero attached hydrogens (tertiary/aromatic N) is 3. The molecule has 3 aromatic heterocycles. The fourth-order valence-electron chi connectivity index (χ4n) is 3.75. The van der Waals surface area contributed by atoms with Gasteiger partial charge in [-0.1, -0.05) is 6.07 Å². The van der Waals surface area contributed by atoms with Crippen LogP contribution < -0.4 is 10.2 Å². The molecule has 5 rings (SSSR count). The Labute approximate surface area is 212 Å². The second-order valence-corrected chi connectivity index (χ2v) is 9.15. The molecular formula is C26H18F3N5O2S. The summed E-state index contributed by atoms with van der Waals surface area (Å²) in [6.07, 6.45) is 2.91. The standard InChI is InChI=1S/C26H18F3N5O2S/c1-34(2)26-33-20(12-37-26)14-9-16-17(11-31-24(16)30-10-14)23(35)21-18(28)6-7-19(22(21)29)32-25(36)13-4-3-5-15(27)8-13/h3-12H,1-2H3,(H,30,31)(H,32,36). The van der Waals surface area contributed by atoms with E-state index in [2.05, 4.69) is 20.3 Å². The number of ketones is 1. The van der Waals surface area contributed by atoms with Crippen molar-refractivity contribution in [2.45, 2.75) is 0 Å². The van der Waals surface area contributed by atoms with E-state index >= 15 is 4.39 Å². The molecule has 0 saturated carbocycles. The van der Waals surface area contributed by atoms with Crippen molar-refractivity contribution >= 4 is 44.9 Å². The molecule has 0 unspecified atom stereocenters. The lowest BCUT2D eigenvalue weighted by atomic mass is 10.0. The number of benzene rings is 2. The van der Waals surface area contributed by atoms with E-state index in [9.17, 15) is 18.4 Å². The summed E-state index contributed by atoms with van der Waals surface area (Å²) in [5, 5.41) is 5.25. The van der Waals surface area contributed by atoms with E-state index in [0.717, 1.165) is 29.4 Å². The van der Waals surface area contributed by atoms with E-state index in [-0.39, 0.29) is 11.1 Å². The first kappa shape index (κ1) is 24.2. The minimum absolute atomic E-state index is 0.00109. The summed E-state index contributed by atoms with van der Waals surface area (Å²) in [7, 11) is 3.73. The van der Waals surface area contributed by atoms with Gasteiger partial charge >= 0.3 is 0 Å². The minimum atomic E-state index is -1.25. The number of hydrogen-bond donors (Lipinski definition) is 2. The van der Waals surface area contributed by atoms with Crippen LogP contribution in [0.3, 0.4) is 0 Å². The molecule has 1 amide bonds. The molecular weight excluding hydrogens is 503 g/mol. The highest BCUT2D eigenvalue weighted by Crippen LogP contribution is 2.31. The first-order valence-corrected chi connectivity index (χ1v) is 11.8. The minimum Gasteiger partial charge on any atom is -0.354 e. The number of anilines is 2. The van der Waals surface area contributed by atoms with Crippen LogP contribution in [0.25, 0.3) is 22.3 Å². The van der Waals surface area contributed by atoms with Gasteiger partial charge in [-0.05, 0) is 36.4 Å². The predicted molar refractivity (Wildman–Crippen MR) is 136 cm³/mol. The van der Waals surface area contributed by atoms with Crippen molar-refractivity contribution < 1.29 is 22.8 Å². The largest absolute Gasteiger partial charge is 0.354 e. The van der Waals surface area contributed by atoms with Crippen LogP contribution in [0.2, 0.25) is 0 Å². The molecule has 0 saturated heterocycles. The topological polar surface area (TPSA) is 91.0 Å². The maximum absolute atomic E-state index is 15.4. The Kier molecular flexibility index (Phi) is 6.22. The van der Waals surface area contributed by atoms with Crippen LogP contribution in [0.5, 0.6) is 0 Å². The Morgan fingerprint density at radius 2 is 1.89 bits per heavy atom. The number of carbonyl (C=O) groups excluding carboxylic acids is 2. The number of amides is 1. The van der Waals surface area contributed by atoms with Gasteiger partial charge in [0.05, 0.1) is 16.9 Å². The van der Waals surface area contributed by atoms with Crippen molar-refractivity contribution in [3.05, 3.63) is 94.4 Å². The van der Waals surface area contributed by atoms with Crippen molar-refractivity contribution in [2.24, 2.45) is 0 Å². The second-order valence-electron chi connectivity index (χ2n) is 8.31. The van der Waals surface area contributed by atoms with E-state index in [0.29, 0.717) is 22.3 Å². The normalized spacial score (nSPS) is 11.1. The zero-order valence-electron chi connectivity index (χ0n) is 19.5. The number of rotatable bonds is 6. The summed E-state index contributed by atoms with van der Waals surface area (Å²) < 4.78 is 43.6. The summed E-state index contributed by atoms with van der Waals surface area (Å²) in [6.45, 7) is 0. The number of pyridine rings is 1. The molecule has 0 atom stereocenters. The number of aromatic nitrogens is 3. The molecule has 5 aromatic rings. The van der Waals surface area contributed by atoms with Gasteiger partial charge in [0.1, 0.15) is 17.3 Å². The Bertz CT molecular complexity index is 1680. The molecule has 0 spiro atoms. The molecule has 2 N–H and O–H groups in total. The van der Waals surface area contributed by atoms with Crippen molar-refractivity contribution in [3.8, 4) is 11.3 Å². The second kappa shape index (κ2) is 9.51. The maximum Gasteiger partial charge on any atom is 0.255 e. The van der Waals surface area contributed by atoms with Crippen LogP contribution in [0.1, 0.15) is 26.3 Å². The van der Waals surface area contributed by atoms with E-state index in [4.69, 9.17) is 0 Å². The molecule has 0 bridgehead atoms. The zero-order chi connectivity index (χ0) is 26.3. The zero-order valence-corrected chi connectivity index (χ0v) is 20.3. The highest BCUT2D eigenvalue weighted by atomic mass is 32.1. The summed E-state index contributed by atoms with van der Waals surface area (Å²) in [6, 6.07) is 8.35. The number of nitrogens with one attached hydrogen (secondary N) is 2. The fraction of sp³-hybridized carbons (Fsp3) is 0.0769. The summed E-state index contributed by atoms with van der Waals surface area (Å²) in [4.78, 5) is 39.4. The van der Waals surface area contributed by atoms with Crippen LogP contribution in [-0.2, 0) is 0 Å². The van der Waals surface area contributed by atoms with Gasteiger partial charge in [-0.15, -0.1) is 11.3 Å². The highest BCUT2D eigenvalue weighted by Gasteiger charge is 2.25. The molecule has 3 heterocycles. The number of hydrogen-bond acceptors (Lipinski definition) is 6. The van der Waals surface area contributed by atoms with Crippen LogP contribution >= 0.6 is 11.3 Å². The molecule has 0 aliphatic rings. The third-order valence-electron chi connectivity index (χ3n) is 5.60. The number of carbonyl (C=O) groups is 2. The summed E-state index contributed by atoms with van der Waals surface area (Å²) >= 11 is 1.43. The van der Waals surface area contributed by atoms with E-state index in [1.165, 1.54) is 29.7 Å². The maximum atomic E-state index is 15.4. The lowest BCUT2D eigenvalue weighted by Crippen LogP contribution is -2.16.